The molecule has 0 saturated heterocycles. The van der Waals surface area contributed by atoms with Crippen molar-refractivity contribution in [1.29, 1.82) is 0 Å². The van der Waals surface area contributed by atoms with E-state index in [1.807, 2.05) is 0 Å². The zero-order valence-corrected chi connectivity index (χ0v) is 9.89. The number of H-pyrrole nitrogens is 1. The highest BCUT2D eigenvalue weighted by atomic mass is 16.3. The van der Waals surface area contributed by atoms with Crippen molar-refractivity contribution in [1.82, 2.24) is 14.5 Å². The number of nitrogens with one attached hydrogen (secondary N) is 1. The normalized spacial score (nSPS) is 26.9. The van der Waals surface area contributed by atoms with E-state index in [0.717, 1.165) is 0 Å². The molecule has 2 aromatic heterocycles. The summed E-state index contributed by atoms with van der Waals surface area (Å²) in [5.41, 5.74) is 0.530. The number of aromatic amines is 1. The van der Waals surface area contributed by atoms with Gasteiger partial charge < -0.3 is 24.9 Å². The average molecular weight is 263 g/mol. The number of hydrogen-bond donors (Lipinski definition) is 4. The first kappa shape index (κ1) is 12.1. The van der Waals surface area contributed by atoms with Gasteiger partial charge in [-0.3, -0.25) is 4.79 Å². The van der Waals surface area contributed by atoms with E-state index in [1.165, 1.54) is 6.33 Å². The second-order valence-electron chi connectivity index (χ2n) is 4.52. The molecule has 3 rings (SSSR count). The summed E-state index contributed by atoms with van der Waals surface area (Å²) >= 11 is 0. The van der Waals surface area contributed by atoms with Gasteiger partial charge in [0.1, 0.15) is 17.9 Å². The molecule has 0 bridgehead atoms. The summed E-state index contributed by atoms with van der Waals surface area (Å²) in [6.07, 6.45) is 2.34. The molecule has 0 spiro atoms. The van der Waals surface area contributed by atoms with Crippen LogP contribution in [0.2, 0.25) is 0 Å². The first-order valence-electron chi connectivity index (χ1n) is 5.85. The third-order valence-electron chi connectivity index (χ3n) is 3.46. The van der Waals surface area contributed by atoms with E-state index >= 15 is 0 Å². The number of hydrogen-bond acceptors (Lipinski definition) is 5. The SMILES string of the molecule is O=c1[nH]cnc2c1ccn2C1C=C(CO)[C@@H](O)[C@H]1O. The Bertz CT molecular complexity index is 702. The van der Waals surface area contributed by atoms with Gasteiger partial charge in [-0.05, 0) is 11.6 Å². The molecule has 4 N–H and O–H groups in total. The summed E-state index contributed by atoms with van der Waals surface area (Å²) in [5.74, 6) is 0. The molecule has 0 aliphatic heterocycles. The molecule has 7 heteroatoms. The van der Waals surface area contributed by atoms with Crippen LogP contribution in [0.1, 0.15) is 6.04 Å². The molecule has 2 aromatic rings. The summed E-state index contributed by atoms with van der Waals surface area (Å²) < 4.78 is 1.61. The number of aromatic nitrogens is 3. The van der Waals surface area contributed by atoms with Crippen LogP contribution in [-0.4, -0.2) is 48.7 Å². The molecular weight excluding hydrogens is 250 g/mol. The van der Waals surface area contributed by atoms with Crippen molar-refractivity contribution in [2.75, 3.05) is 6.61 Å². The van der Waals surface area contributed by atoms with E-state index in [1.54, 1.807) is 22.9 Å². The molecule has 7 nitrogen and oxygen atoms in total. The highest BCUT2D eigenvalue weighted by Gasteiger charge is 2.35. The van der Waals surface area contributed by atoms with Crippen LogP contribution in [0, 0.1) is 0 Å². The number of nitrogens with zero attached hydrogens (tertiary/aromatic N) is 2. The second-order valence-corrected chi connectivity index (χ2v) is 4.52. The number of aliphatic hydroxyl groups is 3. The van der Waals surface area contributed by atoms with Crippen LogP contribution in [-0.2, 0) is 0 Å². The zero-order valence-electron chi connectivity index (χ0n) is 9.89. The van der Waals surface area contributed by atoms with Crippen LogP contribution < -0.4 is 5.56 Å². The Hall–Kier alpha value is -1.96. The predicted molar refractivity (Wildman–Crippen MR) is 66.6 cm³/mol. The molecule has 0 fully saturated rings. The lowest BCUT2D eigenvalue weighted by molar-refractivity contribution is 0.0288. The third-order valence-corrected chi connectivity index (χ3v) is 3.46. The molecule has 19 heavy (non-hydrogen) atoms. The zero-order chi connectivity index (χ0) is 13.6. The van der Waals surface area contributed by atoms with Crippen LogP contribution in [0.5, 0.6) is 0 Å². The standard InChI is InChI=1S/C12H13N3O4/c16-4-6-3-8(10(18)9(6)17)15-2-1-7-11(15)13-5-14-12(7)19/h1-3,5,8-10,16-18H,4H2,(H,13,14,19)/t8?,9-,10+/m1/s1. The van der Waals surface area contributed by atoms with Gasteiger partial charge in [0.15, 0.2) is 0 Å². The highest BCUT2D eigenvalue weighted by molar-refractivity contribution is 5.75. The van der Waals surface area contributed by atoms with Crippen molar-refractivity contribution in [3.05, 3.63) is 40.6 Å². The maximum absolute atomic E-state index is 11.6. The molecular formula is C12H13N3O4. The van der Waals surface area contributed by atoms with E-state index in [2.05, 4.69) is 9.97 Å². The molecule has 3 atom stereocenters. The first-order chi connectivity index (χ1) is 9.13. The van der Waals surface area contributed by atoms with Crippen molar-refractivity contribution in [2.24, 2.45) is 0 Å². The van der Waals surface area contributed by atoms with Crippen LogP contribution in [0.25, 0.3) is 11.0 Å². The van der Waals surface area contributed by atoms with E-state index in [4.69, 9.17) is 5.11 Å². The van der Waals surface area contributed by atoms with Gasteiger partial charge in [-0.25, -0.2) is 4.98 Å². The summed E-state index contributed by atoms with van der Waals surface area (Å²) in [5, 5.41) is 29.3. The summed E-state index contributed by atoms with van der Waals surface area (Å²) in [6, 6.07) is 1.05. The number of rotatable bonds is 2. The summed E-state index contributed by atoms with van der Waals surface area (Å²) in [4.78, 5) is 18.1. The molecule has 1 unspecified atom stereocenters. The summed E-state index contributed by atoms with van der Waals surface area (Å²) in [6.45, 7) is -0.318. The van der Waals surface area contributed by atoms with Gasteiger partial charge in [0.2, 0.25) is 0 Å². The molecule has 1 aliphatic carbocycles. The Morgan fingerprint density at radius 2 is 2.21 bits per heavy atom. The van der Waals surface area contributed by atoms with Gasteiger partial charge >= 0.3 is 0 Å². The van der Waals surface area contributed by atoms with E-state index in [9.17, 15) is 15.0 Å². The van der Waals surface area contributed by atoms with Crippen molar-refractivity contribution < 1.29 is 15.3 Å². The van der Waals surface area contributed by atoms with Gasteiger partial charge in [0.05, 0.1) is 24.4 Å². The fraction of sp³-hybridized carbons (Fsp3) is 0.333. The van der Waals surface area contributed by atoms with Crippen LogP contribution in [0.3, 0.4) is 0 Å². The predicted octanol–water partition coefficient (Wildman–Crippen LogP) is -1.08. The first-order valence-corrected chi connectivity index (χ1v) is 5.85. The summed E-state index contributed by atoms with van der Waals surface area (Å²) in [7, 11) is 0. The van der Waals surface area contributed by atoms with E-state index < -0.39 is 18.2 Å². The smallest absolute Gasteiger partial charge is 0.260 e. The van der Waals surface area contributed by atoms with Gasteiger partial charge in [0.25, 0.3) is 5.56 Å². The fourth-order valence-electron chi connectivity index (χ4n) is 2.44. The minimum absolute atomic E-state index is 0.261. The topological polar surface area (TPSA) is 111 Å². The van der Waals surface area contributed by atoms with E-state index in [0.29, 0.717) is 16.6 Å². The number of fused-ring (bicyclic) bond motifs is 1. The van der Waals surface area contributed by atoms with Crippen molar-refractivity contribution in [3.8, 4) is 0 Å². The molecule has 0 saturated carbocycles. The molecule has 0 amide bonds. The van der Waals surface area contributed by atoms with Gasteiger partial charge in [0, 0.05) is 6.20 Å². The fourth-order valence-corrected chi connectivity index (χ4v) is 2.44. The molecule has 100 valence electrons. The van der Waals surface area contributed by atoms with E-state index in [-0.39, 0.29) is 12.2 Å². The van der Waals surface area contributed by atoms with Crippen LogP contribution in [0.15, 0.2) is 35.0 Å². The maximum atomic E-state index is 11.6. The van der Waals surface area contributed by atoms with Crippen LogP contribution >= 0.6 is 0 Å². The lowest BCUT2D eigenvalue weighted by Crippen LogP contribution is -2.30. The largest absolute Gasteiger partial charge is 0.392 e. The van der Waals surface area contributed by atoms with Crippen molar-refractivity contribution in [2.45, 2.75) is 18.2 Å². The van der Waals surface area contributed by atoms with Crippen molar-refractivity contribution in [3.63, 3.8) is 0 Å². The minimum atomic E-state index is -1.10. The Balaban J connectivity index is 2.13. The average Bonchev–Trinajstić information content (AvgIpc) is 2.94. The van der Waals surface area contributed by atoms with Gasteiger partial charge in [-0.2, -0.15) is 0 Å². The highest BCUT2D eigenvalue weighted by Crippen LogP contribution is 2.31. The Labute approximate surface area is 107 Å². The lowest BCUT2D eigenvalue weighted by atomic mass is 10.1. The Morgan fingerprint density at radius 1 is 1.42 bits per heavy atom. The minimum Gasteiger partial charge on any atom is -0.392 e. The van der Waals surface area contributed by atoms with Crippen LogP contribution in [0.4, 0.5) is 0 Å². The number of aliphatic hydroxyl groups excluding tert-OH is 3. The van der Waals surface area contributed by atoms with Crippen molar-refractivity contribution >= 4 is 11.0 Å². The van der Waals surface area contributed by atoms with Gasteiger partial charge in [-0.15, -0.1) is 0 Å². The Kier molecular flexibility index (Phi) is 2.74. The Morgan fingerprint density at radius 3 is 2.89 bits per heavy atom. The second kappa shape index (κ2) is 4.30. The maximum Gasteiger partial charge on any atom is 0.260 e. The molecule has 2 heterocycles. The third kappa shape index (κ3) is 1.71. The molecule has 0 radical (unpaired) electrons. The molecule has 1 aliphatic rings. The quantitative estimate of drug-likeness (QED) is 0.515. The van der Waals surface area contributed by atoms with Gasteiger partial charge in [-0.1, -0.05) is 6.08 Å². The molecule has 0 aromatic carbocycles. The lowest BCUT2D eigenvalue weighted by Gasteiger charge is -2.19. The monoisotopic (exact) mass is 263 g/mol.